The Morgan fingerprint density at radius 2 is 1.90 bits per heavy atom. The van der Waals surface area contributed by atoms with Crippen LogP contribution >= 0.6 is 0 Å². The summed E-state index contributed by atoms with van der Waals surface area (Å²) in [7, 11) is 0. The zero-order valence-corrected chi connectivity index (χ0v) is 19.8. The van der Waals surface area contributed by atoms with Crippen LogP contribution in [0.25, 0.3) is 0 Å². The molecule has 3 amide bonds. The maximum absolute atomic E-state index is 13.8. The molecule has 6 atom stereocenters. The van der Waals surface area contributed by atoms with Crippen molar-refractivity contribution in [1.82, 2.24) is 15.5 Å². The highest BCUT2D eigenvalue weighted by atomic mass is 16.5. The van der Waals surface area contributed by atoms with Crippen molar-refractivity contribution in [1.29, 1.82) is 0 Å². The molecule has 3 saturated heterocycles. The SMILES string of the molecule is CCCNC(=O)[C@H]1[C@H]2C(=O)N([C@@H](CC)CO)C(C(=O)NC(C)(C)C)C23CC[C@]1(CC)O3. The van der Waals surface area contributed by atoms with Gasteiger partial charge in [0.1, 0.15) is 11.6 Å². The van der Waals surface area contributed by atoms with E-state index < -0.39 is 40.7 Å². The van der Waals surface area contributed by atoms with Crippen LogP contribution in [-0.4, -0.2) is 69.7 Å². The van der Waals surface area contributed by atoms with Gasteiger partial charge in [-0.15, -0.1) is 0 Å². The summed E-state index contributed by atoms with van der Waals surface area (Å²) in [6.07, 6.45) is 3.10. The number of nitrogens with zero attached hydrogens (tertiary/aromatic N) is 1. The van der Waals surface area contributed by atoms with Crippen molar-refractivity contribution >= 4 is 17.7 Å². The van der Waals surface area contributed by atoms with Crippen LogP contribution < -0.4 is 10.6 Å². The number of likely N-dealkylation sites (tertiary alicyclic amines) is 1. The van der Waals surface area contributed by atoms with E-state index in [1.165, 1.54) is 4.90 Å². The summed E-state index contributed by atoms with van der Waals surface area (Å²) in [6.45, 7) is 11.8. The van der Waals surface area contributed by atoms with Gasteiger partial charge in [-0.05, 0) is 52.9 Å². The summed E-state index contributed by atoms with van der Waals surface area (Å²) in [5, 5.41) is 16.0. The molecule has 3 aliphatic rings. The standard InChI is InChI=1S/C23H39N3O5/c1-7-12-24-18(28)15-16-20(30)26(14(8-2)13-27)17(19(29)25-21(4,5)6)23(16)11-10-22(15,9-3)31-23/h14-17,27H,7-13H2,1-6H3,(H,24,28)(H,25,29)/t14-,15+,16-,17?,22-,23?/m0/s1. The van der Waals surface area contributed by atoms with Crippen molar-refractivity contribution in [3.63, 3.8) is 0 Å². The number of fused-ring (bicyclic) bond motifs is 1. The summed E-state index contributed by atoms with van der Waals surface area (Å²) in [5.74, 6) is -2.04. The average molecular weight is 438 g/mol. The van der Waals surface area contributed by atoms with Crippen LogP contribution in [-0.2, 0) is 19.1 Å². The average Bonchev–Trinajstić information content (AvgIpc) is 3.30. The molecule has 2 unspecified atom stereocenters. The zero-order valence-electron chi connectivity index (χ0n) is 19.8. The van der Waals surface area contributed by atoms with Gasteiger partial charge < -0.3 is 25.4 Å². The predicted octanol–water partition coefficient (Wildman–Crippen LogP) is 1.35. The Morgan fingerprint density at radius 1 is 1.23 bits per heavy atom. The molecular weight excluding hydrogens is 398 g/mol. The maximum Gasteiger partial charge on any atom is 0.246 e. The minimum atomic E-state index is -1.04. The summed E-state index contributed by atoms with van der Waals surface area (Å²) in [4.78, 5) is 42.2. The third-order valence-corrected chi connectivity index (χ3v) is 7.27. The number of amides is 3. The fourth-order valence-corrected chi connectivity index (χ4v) is 5.96. The highest BCUT2D eigenvalue weighted by Crippen LogP contribution is 2.64. The lowest BCUT2D eigenvalue weighted by atomic mass is 9.65. The number of carbonyl (C=O) groups excluding carboxylic acids is 3. The molecule has 8 nitrogen and oxygen atoms in total. The summed E-state index contributed by atoms with van der Waals surface area (Å²) in [5.41, 5.74) is -2.26. The van der Waals surface area contributed by atoms with E-state index in [-0.39, 0.29) is 24.3 Å². The molecule has 8 heteroatoms. The molecule has 3 fully saturated rings. The third-order valence-electron chi connectivity index (χ3n) is 7.27. The Bertz CT molecular complexity index is 731. The second kappa shape index (κ2) is 8.35. The van der Waals surface area contributed by atoms with Crippen molar-refractivity contribution in [3.05, 3.63) is 0 Å². The lowest BCUT2D eigenvalue weighted by Gasteiger charge is -2.38. The quantitative estimate of drug-likeness (QED) is 0.531. The molecule has 1 spiro atoms. The molecule has 0 aromatic carbocycles. The van der Waals surface area contributed by atoms with E-state index in [0.717, 1.165) is 6.42 Å². The van der Waals surface area contributed by atoms with Crippen molar-refractivity contribution in [2.24, 2.45) is 11.8 Å². The Morgan fingerprint density at radius 3 is 2.42 bits per heavy atom. The largest absolute Gasteiger partial charge is 0.394 e. The predicted molar refractivity (Wildman–Crippen MR) is 116 cm³/mol. The van der Waals surface area contributed by atoms with E-state index in [1.807, 2.05) is 41.5 Å². The van der Waals surface area contributed by atoms with Gasteiger partial charge in [0.05, 0.1) is 30.1 Å². The number of hydrogen-bond acceptors (Lipinski definition) is 5. The fourth-order valence-electron chi connectivity index (χ4n) is 5.96. The molecule has 0 saturated carbocycles. The molecule has 31 heavy (non-hydrogen) atoms. The molecule has 2 bridgehead atoms. The van der Waals surface area contributed by atoms with Gasteiger partial charge in [0, 0.05) is 12.1 Å². The van der Waals surface area contributed by atoms with Gasteiger partial charge in [-0.3, -0.25) is 14.4 Å². The number of rotatable bonds is 8. The lowest BCUT2D eigenvalue weighted by Crippen LogP contribution is -2.60. The number of nitrogens with one attached hydrogen (secondary N) is 2. The number of carbonyl (C=O) groups is 3. The summed E-state index contributed by atoms with van der Waals surface area (Å²) in [6, 6.07) is -1.36. The number of aliphatic hydroxyl groups is 1. The Balaban J connectivity index is 2.10. The topological polar surface area (TPSA) is 108 Å². The number of aliphatic hydroxyl groups excluding tert-OH is 1. The molecule has 176 valence electrons. The van der Waals surface area contributed by atoms with Crippen molar-refractivity contribution in [2.45, 2.75) is 102 Å². The molecule has 3 heterocycles. The zero-order chi connectivity index (χ0) is 23.2. The van der Waals surface area contributed by atoms with E-state index in [9.17, 15) is 19.5 Å². The van der Waals surface area contributed by atoms with Crippen molar-refractivity contribution in [3.8, 4) is 0 Å². The number of ether oxygens (including phenoxy) is 1. The van der Waals surface area contributed by atoms with Gasteiger partial charge in [-0.1, -0.05) is 20.8 Å². The molecule has 3 N–H and O–H groups in total. The monoisotopic (exact) mass is 437 g/mol. The van der Waals surface area contributed by atoms with E-state index in [4.69, 9.17) is 4.74 Å². The van der Waals surface area contributed by atoms with Crippen LogP contribution in [0.15, 0.2) is 0 Å². The van der Waals surface area contributed by atoms with Crippen molar-refractivity contribution < 1.29 is 24.2 Å². The Hall–Kier alpha value is -1.67. The van der Waals surface area contributed by atoms with Gasteiger partial charge in [0.25, 0.3) is 0 Å². The van der Waals surface area contributed by atoms with Gasteiger partial charge in [0.2, 0.25) is 17.7 Å². The second-order valence-corrected chi connectivity index (χ2v) is 10.4. The Labute approximate surface area is 185 Å². The van der Waals surface area contributed by atoms with E-state index in [2.05, 4.69) is 10.6 Å². The minimum Gasteiger partial charge on any atom is -0.394 e. The van der Waals surface area contributed by atoms with Gasteiger partial charge in [0.15, 0.2) is 0 Å². The first-order valence-corrected chi connectivity index (χ1v) is 11.7. The molecule has 0 radical (unpaired) electrons. The highest BCUT2D eigenvalue weighted by molar-refractivity contribution is 5.99. The molecule has 3 rings (SSSR count). The molecule has 3 aliphatic heterocycles. The molecular formula is C23H39N3O5. The third kappa shape index (κ3) is 3.65. The van der Waals surface area contributed by atoms with Gasteiger partial charge in [-0.25, -0.2) is 0 Å². The van der Waals surface area contributed by atoms with Crippen LogP contribution in [0.4, 0.5) is 0 Å². The highest BCUT2D eigenvalue weighted by Gasteiger charge is 2.79. The normalized spacial score (nSPS) is 35.3. The van der Waals surface area contributed by atoms with Crippen LogP contribution in [0.1, 0.15) is 73.6 Å². The van der Waals surface area contributed by atoms with Gasteiger partial charge in [-0.2, -0.15) is 0 Å². The molecule has 0 aromatic rings. The first-order valence-electron chi connectivity index (χ1n) is 11.7. The smallest absolute Gasteiger partial charge is 0.246 e. The van der Waals surface area contributed by atoms with Crippen LogP contribution in [0.2, 0.25) is 0 Å². The summed E-state index contributed by atoms with van der Waals surface area (Å²) < 4.78 is 6.66. The van der Waals surface area contributed by atoms with Crippen LogP contribution in [0.3, 0.4) is 0 Å². The van der Waals surface area contributed by atoms with E-state index in [1.54, 1.807) is 0 Å². The maximum atomic E-state index is 13.8. The summed E-state index contributed by atoms with van der Waals surface area (Å²) >= 11 is 0. The van der Waals surface area contributed by atoms with Gasteiger partial charge >= 0.3 is 0 Å². The van der Waals surface area contributed by atoms with Crippen LogP contribution in [0.5, 0.6) is 0 Å². The van der Waals surface area contributed by atoms with Crippen molar-refractivity contribution in [2.75, 3.05) is 13.2 Å². The van der Waals surface area contributed by atoms with E-state index in [0.29, 0.717) is 32.2 Å². The molecule has 0 aromatic heterocycles. The minimum absolute atomic E-state index is 0.169. The first kappa shape index (κ1) is 24.0. The van der Waals surface area contributed by atoms with Crippen LogP contribution in [0, 0.1) is 11.8 Å². The second-order valence-electron chi connectivity index (χ2n) is 10.4. The lowest BCUT2D eigenvalue weighted by molar-refractivity contribution is -0.151. The molecule has 0 aliphatic carbocycles. The van der Waals surface area contributed by atoms with E-state index >= 15 is 0 Å². The number of hydrogen-bond donors (Lipinski definition) is 3. The fraction of sp³-hybridized carbons (Fsp3) is 0.870. The first-order chi connectivity index (χ1) is 14.5. The Kier molecular flexibility index (Phi) is 6.46.